The van der Waals surface area contributed by atoms with Crippen LogP contribution in [0.5, 0.6) is 0 Å². The molecule has 162 valence electrons. The Kier molecular flexibility index (Phi) is 7.00. The van der Waals surface area contributed by atoms with Crippen molar-refractivity contribution >= 4 is 22.0 Å². The lowest BCUT2D eigenvalue weighted by Gasteiger charge is -2.32. The van der Waals surface area contributed by atoms with Crippen LogP contribution in [0.3, 0.4) is 0 Å². The number of piperidine rings is 1. The second kappa shape index (κ2) is 9.30. The first-order valence-electron chi connectivity index (χ1n) is 10.4. The van der Waals surface area contributed by atoms with Gasteiger partial charge < -0.3 is 14.7 Å². The predicted octanol–water partition coefficient (Wildman–Crippen LogP) is 2.36. The number of carbonyl (C=O) groups is 1. The van der Waals surface area contributed by atoms with E-state index in [0.717, 1.165) is 25.7 Å². The second-order valence-electron chi connectivity index (χ2n) is 8.29. The van der Waals surface area contributed by atoms with E-state index in [2.05, 4.69) is 10.5 Å². The third kappa shape index (κ3) is 5.19. The molecule has 0 aromatic carbocycles. The third-order valence-corrected chi connectivity index (χ3v) is 7.69. The van der Waals surface area contributed by atoms with Crippen molar-refractivity contribution in [2.75, 3.05) is 27.2 Å². The number of amides is 1. The van der Waals surface area contributed by atoms with E-state index in [9.17, 15) is 13.2 Å². The number of nitrogens with zero attached hydrogens (tertiary/aromatic N) is 3. The Balaban J connectivity index is 1.74. The number of rotatable bonds is 6. The molecule has 8 nitrogen and oxygen atoms in total. The summed E-state index contributed by atoms with van der Waals surface area (Å²) < 4.78 is 33.3. The first kappa shape index (κ1) is 21.8. The molecule has 3 rings (SSSR count). The fraction of sp³-hybridized carbons (Fsp3) is 0.700. The molecule has 1 aromatic heterocycles. The number of aromatic nitrogens is 1. The molecule has 1 saturated carbocycles. The minimum atomic E-state index is -3.80. The lowest BCUT2D eigenvalue weighted by molar-refractivity contribution is -0.127. The molecular weight excluding hydrogens is 392 g/mol. The molecule has 2 fully saturated rings. The van der Waals surface area contributed by atoms with Crippen molar-refractivity contribution in [1.29, 1.82) is 0 Å². The average Bonchev–Trinajstić information content (AvgIpc) is 3.08. The van der Waals surface area contributed by atoms with Crippen LogP contribution in [0.4, 0.5) is 0 Å². The van der Waals surface area contributed by atoms with Crippen LogP contribution in [-0.4, -0.2) is 61.9 Å². The third-order valence-electron chi connectivity index (χ3n) is 5.66. The fourth-order valence-corrected chi connectivity index (χ4v) is 5.86. The summed E-state index contributed by atoms with van der Waals surface area (Å²) in [6.07, 6.45) is 10.2. The highest BCUT2D eigenvalue weighted by Crippen LogP contribution is 2.29. The number of carbonyl (C=O) groups excluding carboxylic acids is 1. The molecule has 1 unspecified atom stereocenters. The number of hydrogen-bond acceptors (Lipinski definition) is 6. The summed E-state index contributed by atoms with van der Waals surface area (Å²) in [5.74, 6) is -0.127. The predicted molar refractivity (Wildman–Crippen MR) is 110 cm³/mol. The van der Waals surface area contributed by atoms with Crippen molar-refractivity contribution in [2.45, 2.75) is 62.8 Å². The molecule has 9 heteroatoms. The zero-order chi connectivity index (χ0) is 21.0. The molecular formula is C20H32N4O4S. The Morgan fingerprint density at radius 2 is 1.93 bits per heavy atom. The van der Waals surface area contributed by atoms with E-state index in [1.807, 2.05) is 14.1 Å². The van der Waals surface area contributed by atoms with Crippen LogP contribution in [0.25, 0.3) is 6.08 Å². The van der Waals surface area contributed by atoms with Gasteiger partial charge in [-0.1, -0.05) is 24.4 Å². The molecule has 1 saturated heterocycles. The van der Waals surface area contributed by atoms with E-state index in [-0.39, 0.29) is 35.1 Å². The lowest BCUT2D eigenvalue weighted by atomic mass is 9.93. The van der Waals surface area contributed by atoms with Gasteiger partial charge in [-0.05, 0) is 32.6 Å². The van der Waals surface area contributed by atoms with Gasteiger partial charge in [0.05, 0.1) is 5.92 Å². The first-order chi connectivity index (χ1) is 13.8. The van der Waals surface area contributed by atoms with Gasteiger partial charge in [0.1, 0.15) is 5.69 Å². The van der Waals surface area contributed by atoms with Gasteiger partial charge in [-0.25, -0.2) is 8.42 Å². The molecule has 29 heavy (non-hydrogen) atoms. The van der Waals surface area contributed by atoms with E-state index in [0.29, 0.717) is 25.1 Å². The maximum absolute atomic E-state index is 13.3. The topological polar surface area (TPSA) is 95.8 Å². The Hall–Kier alpha value is -1.87. The van der Waals surface area contributed by atoms with E-state index in [4.69, 9.17) is 4.52 Å². The molecule has 2 aliphatic rings. The van der Waals surface area contributed by atoms with Gasteiger partial charge in [0.25, 0.3) is 0 Å². The van der Waals surface area contributed by atoms with Gasteiger partial charge in [-0.2, -0.15) is 4.31 Å². The van der Waals surface area contributed by atoms with Crippen molar-refractivity contribution in [3.63, 3.8) is 0 Å². The van der Waals surface area contributed by atoms with E-state index >= 15 is 0 Å². The number of nitrogens with one attached hydrogen (secondary N) is 1. The van der Waals surface area contributed by atoms with E-state index in [1.54, 1.807) is 24.1 Å². The Bertz CT molecular complexity index is 841. The normalized spacial score (nSPS) is 22.1. The van der Waals surface area contributed by atoms with Gasteiger partial charge in [-0.3, -0.25) is 4.79 Å². The first-order valence-corrected chi connectivity index (χ1v) is 11.8. The van der Waals surface area contributed by atoms with Crippen LogP contribution in [0, 0.1) is 12.8 Å². The highest BCUT2D eigenvalue weighted by Gasteiger charge is 2.37. The zero-order valence-corrected chi connectivity index (χ0v) is 18.4. The smallest absolute Gasteiger partial charge is 0.248 e. The van der Waals surface area contributed by atoms with Gasteiger partial charge in [0.2, 0.25) is 15.9 Å². The van der Waals surface area contributed by atoms with Gasteiger partial charge in [0.15, 0.2) is 10.7 Å². The van der Waals surface area contributed by atoms with Gasteiger partial charge in [0, 0.05) is 45.5 Å². The van der Waals surface area contributed by atoms with Crippen molar-refractivity contribution < 1.29 is 17.7 Å². The van der Waals surface area contributed by atoms with Crippen LogP contribution in [-0.2, 0) is 14.8 Å². The van der Waals surface area contributed by atoms with Crippen molar-refractivity contribution in [3.8, 4) is 0 Å². The minimum absolute atomic E-state index is 0.0217. The summed E-state index contributed by atoms with van der Waals surface area (Å²) in [5, 5.41) is 7.00. The molecule has 1 aliphatic heterocycles. The maximum atomic E-state index is 13.3. The monoisotopic (exact) mass is 424 g/mol. The fourth-order valence-electron chi connectivity index (χ4n) is 4.09. The Morgan fingerprint density at radius 1 is 1.21 bits per heavy atom. The van der Waals surface area contributed by atoms with Crippen molar-refractivity contribution in [1.82, 2.24) is 19.7 Å². The van der Waals surface area contributed by atoms with Crippen molar-refractivity contribution in [3.05, 3.63) is 17.7 Å². The molecule has 1 aromatic rings. The number of hydrogen-bond donors (Lipinski definition) is 1. The summed E-state index contributed by atoms with van der Waals surface area (Å²) in [4.78, 5) is 14.6. The highest BCUT2D eigenvalue weighted by molar-refractivity contribution is 7.89. The summed E-state index contributed by atoms with van der Waals surface area (Å²) in [5.41, 5.74) is 0.331. The average molecular weight is 425 g/mol. The zero-order valence-electron chi connectivity index (χ0n) is 17.6. The lowest BCUT2D eigenvalue weighted by Crippen LogP contribution is -2.48. The number of sulfonamides is 1. The SMILES string of the molecule is Cc1noc(/C=C/N(C)C)c1S(=O)(=O)N1CCCC(C(=O)NC2CCCCC2)C1. The van der Waals surface area contributed by atoms with Crippen LogP contribution in [0.1, 0.15) is 56.4 Å². The number of aryl methyl sites for hydroxylation is 1. The summed E-state index contributed by atoms with van der Waals surface area (Å²) >= 11 is 0. The van der Waals surface area contributed by atoms with Crippen LogP contribution < -0.4 is 5.32 Å². The molecule has 1 N–H and O–H groups in total. The van der Waals surface area contributed by atoms with Gasteiger partial charge >= 0.3 is 0 Å². The molecule has 1 aliphatic carbocycles. The summed E-state index contributed by atoms with van der Waals surface area (Å²) in [6.45, 7) is 2.22. The minimum Gasteiger partial charge on any atom is -0.383 e. The Labute approximate surface area is 173 Å². The van der Waals surface area contributed by atoms with E-state index < -0.39 is 10.0 Å². The molecule has 0 bridgehead atoms. The highest BCUT2D eigenvalue weighted by atomic mass is 32.2. The molecule has 0 radical (unpaired) electrons. The molecule has 2 heterocycles. The Morgan fingerprint density at radius 3 is 2.62 bits per heavy atom. The van der Waals surface area contributed by atoms with Gasteiger partial charge in [-0.15, -0.1) is 0 Å². The van der Waals surface area contributed by atoms with Crippen molar-refractivity contribution in [2.24, 2.45) is 5.92 Å². The van der Waals surface area contributed by atoms with Crippen LogP contribution >= 0.6 is 0 Å². The van der Waals surface area contributed by atoms with Crippen LogP contribution in [0.2, 0.25) is 0 Å². The van der Waals surface area contributed by atoms with Crippen LogP contribution in [0.15, 0.2) is 15.6 Å². The largest absolute Gasteiger partial charge is 0.383 e. The summed E-state index contributed by atoms with van der Waals surface area (Å²) in [6, 6.07) is 0.228. The molecule has 1 amide bonds. The summed E-state index contributed by atoms with van der Waals surface area (Å²) in [7, 11) is -0.117. The molecule has 1 atom stereocenters. The standard InChI is InChI=1S/C20H32N4O4S/c1-15-19(18(28-22-15)11-13-23(2)3)29(26,27)24-12-7-8-16(14-24)20(25)21-17-9-5-4-6-10-17/h11,13,16-17H,4-10,12,14H2,1-3H3,(H,21,25)/b13-11+. The maximum Gasteiger partial charge on any atom is 0.248 e. The second-order valence-corrected chi connectivity index (χ2v) is 10.2. The molecule has 0 spiro atoms. The quantitative estimate of drug-likeness (QED) is 0.753. The van der Waals surface area contributed by atoms with E-state index in [1.165, 1.54) is 10.7 Å².